The third-order valence-corrected chi connectivity index (χ3v) is 4.80. The minimum Gasteiger partial charge on any atom is -0.493 e. The molecule has 0 aliphatic rings. The molecule has 2 rings (SSSR count). The Balaban J connectivity index is 2.37. The molecule has 0 saturated carbocycles. The summed E-state index contributed by atoms with van der Waals surface area (Å²) in [4.78, 5) is 0.281. The predicted octanol–water partition coefficient (Wildman–Crippen LogP) is 2.13. The fourth-order valence-corrected chi connectivity index (χ4v) is 3.53. The Hall–Kier alpha value is -1.63. The van der Waals surface area contributed by atoms with E-state index < -0.39 is 10.0 Å². The van der Waals surface area contributed by atoms with Crippen LogP contribution in [0.15, 0.2) is 41.3 Å². The SMILES string of the molecule is CCNCCNS(=O)(=O)c1ccc(OCC)c2ccccc12. The highest BCUT2D eigenvalue weighted by Gasteiger charge is 2.18. The first-order valence-corrected chi connectivity index (χ1v) is 8.93. The summed E-state index contributed by atoms with van der Waals surface area (Å²) in [6.07, 6.45) is 0. The van der Waals surface area contributed by atoms with E-state index in [1.54, 1.807) is 18.2 Å². The molecule has 0 bridgehead atoms. The van der Waals surface area contributed by atoms with E-state index in [1.807, 2.05) is 32.0 Å². The van der Waals surface area contributed by atoms with Crippen molar-refractivity contribution in [2.45, 2.75) is 18.7 Å². The second-order valence-corrected chi connectivity index (χ2v) is 6.53. The van der Waals surface area contributed by atoms with Gasteiger partial charge in [0.15, 0.2) is 0 Å². The van der Waals surface area contributed by atoms with Gasteiger partial charge in [0.2, 0.25) is 10.0 Å². The lowest BCUT2D eigenvalue weighted by Gasteiger charge is -2.13. The molecule has 0 saturated heterocycles. The van der Waals surface area contributed by atoms with Gasteiger partial charge in [-0.1, -0.05) is 31.2 Å². The number of sulfonamides is 1. The van der Waals surface area contributed by atoms with E-state index in [2.05, 4.69) is 10.0 Å². The molecule has 5 nitrogen and oxygen atoms in total. The Morgan fingerprint density at radius 3 is 2.41 bits per heavy atom. The highest BCUT2D eigenvalue weighted by molar-refractivity contribution is 7.89. The van der Waals surface area contributed by atoms with Crippen molar-refractivity contribution in [3.8, 4) is 5.75 Å². The maximum Gasteiger partial charge on any atom is 0.241 e. The number of benzene rings is 2. The van der Waals surface area contributed by atoms with Crippen molar-refractivity contribution in [3.05, 3.63) is 36.4 Å². The second-order valence-electron chi connectivity index (χ2n) is 4.79. The molecule has 0 unspecified atom stereocenters. The summed E-state index contributed by atoms with van der Waals surface area (Å²) in [7, 11) is -3.54. The van der Waals surface area contributed by atoms with Crippen LogP contribution < -0.4 is 14.8 Å². The van der Waals surface area contributed by atoms with E-state index in [1.165, 1.54) is 0 Å². The van der Waals surface area contributed by atoms with Crippen LogP contribution in [0.1, 0.15) is 13.8 Å². The monoisotopic (exact) mass is 322 g/mol. The first-order chi connectivity index (χ1) is 10.6. The van der Waals surface area contributed by atoms with Gasteiger partial charge in [0.05, 0.1) is 11.5 Å². The number of likely N-dealkylation sites (N-methyl/N-ethyl adjacent to an activating group) is 1. The molecule has 0 radical (unpaired) electrons. The van der Waals surface area contributed by atoms with Crippen LogP contribution >= 0.6 is 0 Å². The Morgan fingerprint density at radius 2 is 1.73 bits per heavy atom. The minimum absolute atomic E-state index is 0.281. The lowest BCUT2D eigenvalue weighted by atomic mass is 10.1. The van der Waals surface area contributed by atoms with Gasteiger partial charge in [-0.25, -0.2) is 13.1 Å². The fraction of sp³-hybridized carbons (Fsp3) is 0.375. The molecule has 0 amide bonds. The van der Waals surface area contributed by atoms with Crippen LogP contribution in [0.3, 0.4) is 0 Å². The second kappa shape index (κ2) is 7.58. The van der Waals surface area contributed by atoms with E-state index >= 15 is 0 Å². The van der Waals surface area contributed by atoms with Crippen molar-refractivity contribution in [2.24, 2.45) is 0 Å². The van der Waals surface area contributed by atoms with Gasteiger partial charge < -0.3 is 10.1 Å². The van der Waals surface area contributed by atoms with Gasteiger partial charge in [-0.15, -0.1) is 0 Å². The van der Waals surface area contributed by atoms with Crippen molar-refractivity contribution in [2.75, 3.05) is 26.2 Å². The van der Waals surface area contributed by atoms with E-state index in [4.69, 9.17) is 4.74 Å². The zero-order valence-electron chi connectivity index (χ0n) is 12.9. The molecule has 120 valence electrons. The van der Waals surface area contributed by atoms with Crippen LogP contribution in [0.5, 0.6) is 5.75 Å². The summed E-state index contributed by atoms with van der Waals surface area (Å²) >= 11 is 0. The summed E-state index contributed by atoms with van der Waals surface area (Å²) in [6.45, 7) is 6.20. The Morgan fingerprint density at radius 1 is 1.00 bits per heavy atom. The third-order valence-electron chi connectivity index (χ3n) is 3.28. The van der Waals surface area contributed by atoms with Gasteiger partial charge in [-0.05, 0) is 25.6 Å². The molecule has 0 aliphatic carbocycles. The quantitative estimate of drug-likeness (QED) is 0.731. The molecule has 2 N–H and O–H groups in total. The molecule has 2 aromatic carbocycles. The van der Waals surface area contributed by atoms with Gasteiger partial charge in [-0.3, -0.25) is 0 Å². The molecule has 6 heteroatoms. The number of nitrogens with one attached hydrogen (secondary N) is 2. The Kier molecular flexibility index (Phi) is 5.76. The van der Waals surface area contributed by atoms with Gasteiger partial charge in [-0.2, -0.15) is 0 Å². The van der Waals surface area contributed by atoms with Crippen LogP contribution in [-0.4, -0.2) is 34.7 Å². The third kappa shape index (κ3) is 3.76. The molecular weight excluding hydrogens is 300 g/mol. The number of ether oxygens (including phenoxy) is 1. The number of hydrogen-bond acceptors (Lipinski definition) is 4. The number of rotatable bonds is 8. The zero-order chi connectivity index (χ0) is 16.0. The first kappa shape index (κ1) is 16.7. The highest BCUT2D eigenvalue weighted by atomic mass is 32.2. The lowest BCUT2D eigenvalue weighted by molar-refractivity contribution is 0.344. The van der Waals surface area contributed by atoms with E-state index in [0.29, 0.717) is 30.8 Å². The summed E-state index contributed by atoms with van der Waals surface area (Å²) in [5.74, 6) is 0.699. The van der Waals surface area contributed by atoms with Crippen LogP contribution in [-0.2, 0) is 10.0 Å². The molecular formula is C16H22N2O3S. The van der Waals surface area contributed by atoms with Crippen molar-refractivity contribution in [3.63, 3.8) is 0 Å². The normalized spacial score (nSPS) is 11.7. The van der Waals surface area contributed by atoms with Crippen molar-refractivity contribution >= 4 is 20.8 Å². The van der Waals surface area contributed by atoms with Crippen LogP contribution in [0.4, 0.5) is 0 Å². The standard InChI is InChI=1S/C16H22N2O3S/c1-3-17-11-12-18-22(19,20)16-10-9-15(21-4-2)13-7-5-6-8-14(13)16/h5-10,17-18H,3-4,11-12H2,1-2H3. The van der Waals surface area contributed by atoms with Crippen molar-refractivity contribution in [1.82, 2.24) is 10.0 Å². The topological polar surface area (TPSA) is 67.4 Å². The molecule has 0 atom stereocenters. The van der Waals surface area contributed by atoms with Gasteiger partial charge >= 0.3 is 0 Å². The predicted molar refractivity (Wildman–Crippen MR) is 88.8 cm³/mol. The molecule has 22 heavy (non-hydrogen) atoms. The summed E-state index contributed by atoms with van der Waals surface area (Å²) < 4.78 is 33.2. The Labute approximate surface area is 131 Å². The number of fused-ring (bicyclic) bond motifs is 1. The average molecular weight is 322 g/mol. The number of hydrogen-bond donors (Lipinski definition) is 2. The minimum atomic E-state index is -3.54. The van der Waals surface area contributed by atoms with Gasteiger partial charge in [0, 0.05) is 23.9 Å². The Bertz CT molecular complexity index is 729. The lowest BCUT2D eigenvalue weighted by Crippen LogP contribution is -2.31. The average Bonchev–Trinajstić information content (AvgIpc) is 2.52. The van der Waals surface area contributed by atoms with Crippen LogP contribution in [0.25, 0.3) is 10.8 Å². The van der Waals surface area contributed by atoms with E-state index in [9.17, 15) is 8.42 Å². The van der Waals surface area contributed by atoms with Gasteiger partial charge in [0.1, 0.15) is 5.75 Å². The van der Waals surface area contributed by atoms with Crippen molar-refractivity contribution in [1.29, 1.82) is 0 Å². The summed E-state index contributed by atoms with van der Waals surface area (Å²) in [5.41, 5.74) is 0. The summed E-state index contributed by atoms with van der Waals surface area (Å²) in [5, 5.41) is 4.56. The fourth-order valence-electron chi connectivity index (χ4n) is 2.29. The smallest absolute Gasteiger partial charge is 0.241 e. The van der Waals surface area contributed by atoms with E-state index in [0.717, 1.165) is 11.9 Å². The van der Waals surface area contributed by atoms with E-state index in [-0.39, 0.29) is 4.90 Å². The largest absolute Gasteiger partial charge is 0.493 e. The molecule has 0 spiro atoms. The maximum absolute atomic E-state index is 12.5. The molecule has 0 heterocycles. The zero-order valence-corrected chi connectivity index (χ0v) is 13.7. The van der Waals surface area contributed by atoms with Gasteiger partial charge in [0.25, 0.3) is 0 Å². The highest BCUT2D eigenvalue weighted by Crippen LogP contribution is 2.30. The van der Waals surface area contributed by atoms with Crippen molar-refractivity contribution < 1.29 is 13.2 Å². The molecule has 0 aliphatic heterocycles. The summed E-state index contributed by atoms with van der Waals surface area (Å²) in [6, 6.07) is 10.7. The molecule has 2 aromatic rings. The molecule has 0 fully saturated rings. The van der Waals surface area contributed by atoms with Crippen LogP contribution in [0.2, 0.25) is 0 Å². The maximum atomic E-state index is 12.5. The molecule has 0 aromatic heterocycles. The van der Waals surface area contributed by atoms with Crippen LogP contribution in [0, 0.1) is 0 Å². The first-order valence-electron chi connectivity index (χ1n) is 7.45.